The Morgan fingerprint density at radius 1 is 1.20 bits per heavy atom. The third-order valence-corrected chi connectivity index (χ3v) is 5.69. The van der Waals surface area contributed by atoms with Gasteiger partial charge in [-0.25, -0.2) is 9.37 Å². The van der Waals surface area contributed by atoms with Gasteiger partial charge < -0.3 is 10.2 Å². The molecule has 7 heteroatoms. The molecule has 0 atom stereocenters. The fraction of sp³-hybridized carbons (Fsp3) is 0.222. The minimum atomic E-state index is -0.350. The van der Waals surface area contributed by atoms with Crippen LogP contribution in [-0.4, -0.2) is 24.0 Å². The first-order chi connectivity index (χ1) is 12.2. The van der Waals surface area contributed by atoms with Crippen LogP contribution < -0.4 is 10.2 Å². The molecule has 1 aromatic carbocycles. The number of nitrogens with zero attached hydrogens (tertiary/aromatic N) is 2. The first-order valence-corrected chi connectivity index (χ1v) is 9.86. The molecule has 2 aromatic heterocycles. The third-order valence-electron chi connectivity index (χ3n) is 4.12. The number of benzene rings is 1. The smallest absolute Gasteiger partial charge is 0.275 e. The molecule has 0 aliphatic carbocycles. The molecule has 0 saturated carbocycles. The van der Waals surface area contributed by atoms with Crippen molar-refractivity contribution in [2.45, 2.75) is 12.8 Å². The summed E-state index contributed by atoms with van der Waals surface area (Å²) in [5.74, 6) is -0.673. The number of thiazole rings is 1. The first kappa shape index (κ1) is 16.2. The number of rotatable bonds is 4. The zero-order valence-corrected chi connectivity index (χ0v) is 15.0. The van der Waals surface area contributed by atoms with Gasteiger partial charge in [0.15, 0.2) is 0 Å². The number of amides is 1. The normalized spacial score (nSPS) is 14.0. The number of halogens is 1. The van der Waals surface area contributed by atoms with Gasteiger partial charge in [0.1, 0.15) is 16.5 Å². The van der Waals surface area contributed by atoms with Crippen LogP contribution in [0.3, 0.4) is 0 Å². The van der Waals surface area contributed by atoms with E-state index in [1.54, 1.807) is 16.7 Å². The van der Waals surface area contributed by atoms with Crippen molar-refractivity contribution in [3.8, 4) is 10.6 Å². The quantitative estimate of drug-likeness (QED) is 0.710. The van der Waals surface area contributed by atoms with Gasteiger partial charge in [0.25, 0.3) is 5.91 Å². The van der Waals surface area contributed by atoms with Crippen molar-refractivity contribution < 1.29 is 9.18 Å². The second-order valence-electron chi connectivity index (χ2n) is 5.90. The number of anilines is 2. The van der Waals surface area contributed by atoms with Crippen molar-refractivity contribution in [2.24, 2.45) is 0 Å². The average Bonchev–Trinajstić information content (AvgIpc) is 3.34. The lowest BCUT2D eigenvalue weighted by atomic mass is 10.2. The van der Waals surface area contributed by atoms with Gasteiger partial charge in [0.05, 0.1) is 0 Å². The molecule has 1 aliphatic heterocycles. The van der Waals surface area contributed by atoms with E-state index in [-0.39, 0.29) is 11.7 Å². The minimum Gasteiger partial charge on any atom is -0.371 e. The Kier molecular flexibility index (Phi) is 4.50. The lowest BCUT2D eigenvalue weighted by Gasteiger charge is -2.18. The molecule has 25 heavy (non-hydrogen) atoms. The van der Waals surface area contributed by atoms with Crippen LogP contribution in [0.4, 0.5) is 15.8 Å². The van der Waals surface area contributed by atoms with Crippen molar-refractivity contribution in [1.29, 1.82) is 0 Å². The number of thiophene rings is 1. The SMILES string of the molecule is O=C(Nc1cc(F)cc(N2CCCC2)c1)c1csc(-c2ccsc2)n1. The summed E-state index contributed by atoms with van der Waals surface area (Å²) in [4.78, 5) is 19.0. The number of aromatic nitrogens is 1. The zero-order chi connectivity index (χ0) is 17.2. The van der Waals surface area contributed by atoms with Crippen LogP contribution >= 0.6 is 22.7 Å². The highest BCUT2D eigenvalue weighted by Gasteiger charge is 2.16. The van der Waals surface area contributed by atoms with Crippen molar-refractivity contribution in [2.75, 3.05) is 23.3 Å². The summed E-state index contributed by atoms with van der Waals surface area (Å²) in [5.41, 5.74) is 2.62. The Labute approximate surface area is 153 Å². The molecular formula is C18H16FN3OS2. The highest BCUT2D eigenvalue weighted by molar-refractivity contribution is 7.14. The number of hydrogen-bond donors (Lipinski definition) is 1. The van der Waals surface area contributed by atoms with Gasteiger partial charge >= 0.3 is 0 Å². The van der Waals surface area contributed by atoms with Gasteiger partial charge in [-0.15, -0.1) is 11.3 Å². The second-order valence-corrected chi connectivity index (χ2v) is 7.53. The Morgan fingerprint density at radius 3 is 2.80 bits per heavy atom. The second kappa shape index (κ2) is 6.93. The predicted molar refractivity (Wildman–Crippen MR) is 101 cm³/mol. The molecule has 1 saturated heterocycles. The van der Waals surface area contributed by atoms with E-state index < -0.39 is 0 Å². The number of hydrogen-bond acceptors (Lipinski definition) is 5. The van der Waals surface area contributed by atoms with Crippen LogP contribution in [0.1, 0.15) is 23.3 Å². The molecule has 0 bridgehead atoms. The molecular weight excluding hydrogens is 357 g/mol. The van der Waals surface area contributed by atoms with Crippen LogP contribution in [0.2, 0.25) is 0 Å². The summed E-state index contributed by atoms with van der Waals surface area (Å²) in [6.07, 6.45) is 2.23. The largest absolute Gasteiger partial charge is 0.371 e. The topological polar surface area (TPSA) is 45.2 Å². The number of carbonyl (C=O) groups excluding carboxylic acids is 1. The molecule has 0 spiro atoms. The van der Waals surface area contributed by atoms with Crippen LogP contribution in [0, 0.1) is 5.82 Å². The van der Waals surface area contributed by atoms with E-state index >= 15 is 0 Å². The van der Waals surface area contributed by atoms with Crippen LogP contribution in [0.25, 0.3) is 10.6 Å². The minimum absolute atomic E-state index is 0.323. The molecule has 4 rings (SSSR count). The zero-order valence-electron chi connectivity index (χ0n) is 13.4. The maximum absolute atomic E-state index is 13.9. The summed E-state index contributed by atoms with van der Waals surface area (Å²) < 4.78 is 13.9. The van der Waals surface area contributed by atoms with E-state index in [1.807, 2.05) is 22.9 Å². The van der Waals surface area contributed by atoms with Crippen molar-refractivity contribution >= 4 is 40.0 Å². The standard InChI is InChI=1S/C18H16FN3OS2/c19-13-7-14(9-15(8-13)22-4-1-2-5-22)20-17(23)16-11-25-18(21-16)12-3-6-24-10-12/h3,6-11H,1-2,4-5H2,(H,20,23). The van der Waals surface area contributed by atoms with Gasteiger partial charge in [-0.1, -0.05) is 0 Å². The maximum Gasteiger partial charge on any atom is 0.275 e. The first-order valence-electron chi connectivity index (χ1n) is 8.04. The van der Waals surface area contributed by atoms with Crippen molar-refractivity contribution in [3.05, 3.63) is 51.9 Å². The molecule has 128 valence electrons. The van der Waals surface area contributed by atoms with E-state index in [0.717, 1.165) is 42.2 Å². The summed E-state index contributed by atoms with van der Waals surface area (Å²) in [6.45, 7) is 1.85. The van der Waals surface area contributed by atoms with E-state index in [4.69, 9.17) is 0 Å². The number of nitrogens with one attached hydrogen (secondary N) is 1. The monoisotopic (exact) mass is 373 g/mol. The third kappa shape index (κ3) is 3.57. The van der Waals surface area contributed by atoms with E-state index in [9.17, 15) is 9.18 Å². The lowest BCUT2D eigenvalue weighted by molar-refractivity contribution is 0.102. The average molecular weight is 373 g/mol. The summed E-state index contributed by atoms with van der Waals surface area (Å²) >= 11 is 3.01. The molecule has 4 nitrogen and oxygen atoms in total. The van der Waals surface area contributed by atoms with E-state index in [0.29, 0.717) is 11.4 Å². The van der Waals surface area contributed by atoms with Crippen molar-refractivity contribution in [1.82, 2.24) is 4.98 Å². The van der Waals surface area contributed by atoms with Gasteiger partial charge in [-0.2, -0.15) is 11.3 Å². The predicted octanol–water partition coefficient (Wildman–Crippen LogP) is 4.86. The number of carbonyl (C=O) groups is 1. The van der Waals surface area contributed by atoms with E-state index in [2.05, 4.69) is 15.2 Å². The molecule has 0 unspecified atom stereocenters. The van der Waals surface area contributed by atoms with Gasteiger partial charge in [-0.05, 0) is 42.5 Å². The van der Waals surface area contributed by atoms with Gasteiger partial charge in [0, 0.05) is 40.8 Å². The highest BCUT2D eigenvalue weighted by Crippen LogP contribution is 2.27. The van der Waals surface area contributed by atoms with Crippen LogP contribution in [0.15, 0.2) is 40.4 Å². The summed E-state index contributed by atoms with van der Waals surface area (Å²) in [7, 11) is 0. The lowest BCUT2D eigenvalue weighted by Crippen LogP contribution is -2.18. The molecule has 3 aromatic rings. The molecule has 1 fully saturated rings. The molecule has 0 radical (unpaired) electrons. The fourth-order valence-corrected chi connectivity index (χ4v) is 4.41. The Hall–Kier alpha value is -2.25. The fourth-order valence-electron chi connectivity index (χ4n) is 2.90. The molecule has 1 N–H and O–H groups in total. The Balaban J connectivity index is 1.52. The Bertz CT molecular complexity index is 886. The Morgan fingerprint density at radius 2 is 2.04 bits per heavy atom. The maximum atomic E-state index is 13.9. The van der Waals surface area contributed by atoms with Crippen LogP contribution in [0.5, 0.6) is 0 Å². The van der Waals surface area contributed by atoms with Crippen molar-refractivity contribution in [3.63, 3.8) is 0 Å². The summed E-state index contributed by atoms with van der Waals surface area (Å²) in [6, 6.07) is 6.64. The van der Waals surface area contributed by atoms with Crippen LogP contribution in [-0.2, 0) is 0 Å². The van der Waals surface area contributed by atoms with Gasteiger partial charge in [-0.3, -0.25) is 4.79 Å². The summed E-state index contributed by atoms with van der Waals surface area (Å²) in [5, 5.41) is 9.27. The molecule has 3 heterocycles. The van der Waals surface area contributed by atoms with Gasteiger partial charge in [0.2, 0.25) is 0 Å². The van der Waals surface area contributed by atoms with E-state index in [1.165, 1.54) is 23.5 Å². The highest BCUT2D eigenvalue weighted by atomic mass is 32.1. The molecule has 1 aliphatic rings. The molecule has 1 amide bonds.